The summed E-state index contributed by atoms with van der Waals surface area (Å²) in [5, 5.41) is 1.10. The lowest BCUT2D eigenvalue weighted by molar-refractivity contribution is -0.168. The van der Waals surface area contributed by atoms with Gasteiger partial charge in [0.05, 0.1) is 12.8 Å². The van der Waals surface area contributed by atoms with Crippen molar-refractivity contribution in [2.45, 2.75) is 50.1 Å². The first-order valence-electron chi connectivity index (χ1n) is 11.9. The minimum Gasteiger partial charge on any atom is -0.496 e. The maximum atomic E-state index is 14.1. The van der Waals surface area contributed by atoms with Crippen LogP contribution < -0.4 is 4.74 Å². The van der Waals surface area contributed by atoms with E-state index in [1.54, 1.807) is 7.11 Å². The number of carbonyl (C=O) groups excluding carboxylic acids is 2. The van der Waals surface area contributed by atoms with Crippen LogP contribution in [0.5, 0.6) is 5.75 Å². The Bertz CT molecular complexity index is 1260. The molecular weight excluding hydrogens is 414 g/mol. The zero-order valence-electron chi connectivity index (χ0n) is 19.1. The number of benzene rings is 2. The Kier molecular flexibility index (Phi) is 4.54. The number of carbonyl (C=O) groups is 2. The highest BCUT2D eigenvalue weighted by molar-refractivity contribution is 6.01. The monoisotopic (exact) mass is 443 g/mol. The summed E-state index contributed by atoms with van der Waals surface area (Å²) >= 11 is 0. The van der Waals surface area contributed by atoms with Crippen molar-refractivity contribution >= 4 is 22.7 Å². The van der Waals surface area contributed by atoms with Gasteiger partial charge in [0.2, 0.25) is 5.91 Å². The summed E-state index contributed by atoms with van der Waals surface area (Å²) in [5.74, 6) is 0.773. The first kappa shape index (κ1) is 20.3. The Morgan fingerprint density at radius 1 is 1.03 bits per heavy atom. The molecule has 3 aliphatic rings. The molecule has 170 valence electrons. The first-order valence-corrected chi connectivity index (χ1v) is 11.9. The second-order valence-electron chi connectivity index (χ2n) is 9.70. The Morgan fingerprint density at radius 2 is 1.76 bits per heavy atom. The Balaban J connectivity index is 1.58. The van der Waals surface area contributed by atoms with E-state index in [0.29, 0.717) is 6.54 Å². The van der Waals surface area contributed by atoms with Crippen LogP contribution in [0.3, 0.4) is 0 Å². The van der Waals surface area contributed by atoms with Crippen LogP contribution in [0.1, 0.15) is 55.3 Å². The minimum atomic E-state index is -1.04. The molecule has 3 aromatic rings. The summed E-state index contributed by atoms with van der Waals surface area (Å²) < 4.78 is 5.71. The van der Waals surface area contributed by atoms with Gasteiger partial charge in [0.1, 0.15) is 12.3 Å². The molecule has 0 spiro atoms. The van der Waals surface area contributed by atoms with Crippen LogP contribution in [-0.2, 0) is 15.1 Å². The van der Waals surface area contributed by atoms with E-state index in [-0.39, 0.29) is 30.3 Å². The molecular formula is C27H29N3O3. The number of H-pyrrole nitrogens is 1. The molecule has 1 saturated carbocycles. The lowest BCUT2D eigenvalue weighted by Gasteiger charge is -2.52. The molecule has 6 heteroatoms. The number of fused-ring (bicyclic) bond motifs is 5. The highest BCUT2D eigenvalue weighted by Crippen LogP contribution is 2.50. The number of rotatable bonds is 3. The second-order valence-corrected chi connectivity index (χ2v) is 9.70. The summed E-state index contributed by atoms with van der Waals surface area (Å²) in [5.41, 5.74) is 2.93. The van der Waals surface area contributed by atoms with E-state index in [1.807, 2.05) is 53.1 Å². The number of para-hydroxylation sites is 2. The average Bonchev–Trinajstić information content (AvgIpc) is 3.50. The third-order valence-electron chi connectivity index (χ3n) is 8.05. The molecule has 1 saturated heterocycles. The van der Waals surface area contributed by atoms with Gasteiger partial charge in [-0.1, -0.05) is 49.2 Å². The summed E-state index contributed by atoms with van der Waals surface area (Å²) in [6, 6.07) is 16.3. The van der Waals surface area contributed by atoms with E-state index >= 15 is 0 Å². The van der Waals surface area contributed by atoms with Gasteiger partial charge >= 0.3 is 0 Å². The predicted molar refractivity (Wildman–Crippen MR) is 126 cm³/mol. The fourth-order valence-electron chi connectivity index (χ4n) is 6.38. The standard InChI is InChI=1S/C27H29N3O3/c1-27-25-24(19-12-5-7-13-21(19)28-25)20(18-11-6-8-14-22(18)33-2)15-30(27)23(31)16-29(26(27)32)17-9-3-4-10-17/h5-8,11-14,17,20,28H,3-4,9-10,15-16H2,1-2H3. The number of nitrogens with zero attached hydrogens (tertiary/aromatic N) is 2. The largest absolute Gasteiger partial charge is 0.496 e. The number of hydrogen-bond acceptors (Lipinski definition) is 3. The van der Waals surface area contributed by atoms with E-state index in [9.17, 15) is 9.59 Å². The summed E-state index contributed by atoms with van der Waals surface area (Å²) in [7, 11) is 1.68. The smallest absolute Gasteiger partial charge is 0.255 e. The molecule has 6 rings (SSSR count). The Labute approximate surface area is 193 Å². The molecule has 6 nitrogen and oxygen atoms in total. The fraction of sp³-hybridized carbons (Fsp3) is 0.407. The summed E-state index contributed by atoms with van der Waals surface area (Å²) in [6.07, 6.45) is 4.21. The minimum absolute atomic E-state index is 0.0215. The zero-order valence-corrected chi connectivity index (χ0v) is 19.1. The number of amides is 2. The predicted octanol–water partition coefficient (Wildman–Crippen LogP) is 4.15. The van der Waals surface area contributed by atoms with Gasteiger partial charge in [0, 0.05) is 35.0 Å². The number of aromatic nitrogens is 1. The second kappa shape index (κ2) is 7.37. The van der Waals surface area contributed by atoms with E-state index in [2.05, 4.69) is 17.1 Å². The van der Waals surface area contributed by atoms with Crippen molar-refractivity contribution in [2.24, 2.45) is 0 Å². The van der Waals surface area contributed by atoms with Crippen LogP contribution in [0.2, 0.25) is 0 Å². The molecule has 2 fully saturated rings. The number of ether oxygens (including phenoxy) is 1. The topological polar surface area (TPSA) is 65.6 Å². The Hall–Kier alpha value is -3.28. The molecule has 3 heterocycles. The van der Waals surface area contributed by atoms with Crippen molar-refractivity contribution in [3.05, 3.63) is 65.4 Å². The number of aromatic amines is 1. The third-order valence-corrected chi connectivity index (χ3v) is 8.05. The van der Waals surface area contributed by atoms with Gasteiger partial charge in [-0.3, -0.25) is 9.59 Å². The van der Waals surface area contributed by atoms with Crippen LogP contribution in [-0.4, -0.2) is 52.8 Å². The van der Waals surface area contributed by atoms with Gasteiger partial charge in [0.25, 0.3) is 5.91 Å². The van der Waals surface area contributed by atoms with Gasteiger partial charge in [-0.05, 0) is 37.5 Å². The maximum Gasteiger partial charge on any atom is 0.255 e. The normalized spacial score (nSPS) is 25.5. The number of hydrogen-bond donors (Lipinski definition) is 1. The van der Waals surface area contributed by atoms with Gasteiger partial charge in [-0.2, -0.15) is 0 Å². The van der Waals surface area contributed by atoms with Gasteiger partial charge in [0.15, 0.2) is 5.54 Å². The fourth-order valence-corrected chi connectivity index (χ4v) is 6.38. The molecule has 33 heavy (non-hydrogen) atoms. The first-order chi connectivity index (χ1) is 16.0. The van der Waals surface area contributed by atoms with E-state index in [4.69, 9.17) is 4.74 Å². The van der Waals surface area contributed by atoms with E-state index in [1.165, 1.54) is 0 Å². The van der Waals surface area contributed by atoms with E-state index in [0.717, 1.165) is 59.2 Å². The summed E-state index contributed by atoms with van der Waals surface area (Å²) in [4.78, 5) is 35.0. The maximum absolute atomic E-state index is 14.1. The molecule has 0 bridgehead atoms. The van der Waals surface area contributed by atoms with Crippen LogP contribution in [0, 0.1) is 0 Å². The highest BCUT2D eigenvalue weighted by Gasteiger charge is 2.57. The molecule has 1 aromatic heterocycles. The van der Waals surface area contributed by atoms with Crippen LogP contribution in [0.15, 0.2) is 48.5 Å². The molecule has 2 aromatic carbocycles. The zero-order chi connectivity index (χ0) is 22.7. The van der Waals surface area contributed by atoms with Gasteiger partial charge in [-0.25, -0.2) is 0 Å². The third kappa shape index (κ3) is 2.79. The van der Waals surface area contributed by atoms with Gasteiger partial charge < -0.3 is 19.5 Å². The van der Waals surface area contributed by atoms with Crippen LogP contribution in [0.25, 0.3) is 10.9 Å². The van der Waals surface area contributed by atoms with Gasteiger partial charge in [-0.15, -0.1) is 0 Å². The molecule has 2 amide bonds. The molecule has 1 aliphatic carbocycles. The van der Waals surface area contributed by atoms with Crippen molar-refractivity contribution in [3.63, 3.8) is 0 Å². The molecule has 0 radical (unpaired) electrons. The summed E-state index contributed by atoms with van der Waals surface area (Å²) in [6.45, 7) is 2.56. The number of methoxy groups -OCH3 is 1. The molecule has 1 N–H and O–H groups in total. The highest BCUT2D eigenvalue weighted by atomic mass is 16.5. The van der Waals surface area contributed by atoms with Crippen LogP contribution in [0.4, 0.5) is 0 Å². The lowest BCUT2D eigenvalue weighted by atomic mass is 9.76. The van der Waals surface area contributed by atoms with Crippen molar-refractivity contribution in [1.29, 1.82) is 0 Å². The number of nitrogens with one attached hydrogen (secondary N) is 1. The molecule has 2 unspecified atom stereocenters. The quantitative estimate of drug-likeness (QED) is 0.661. The lowest BCUT2D eigenvalue weighted by Crippen LogP contribution is -2.68. The molecule has 2 aliphatic heterocycles. The van der Waals surface area contributed by atoms with Crippen molar-refractivity contribution in [2.75, 3.05) is 20.2 Å². The SMILES string of the molecule is COc1ccccc1C1CN2C(=O)CN(C3CCCC3)C(=O)C2(C)c2[nH]c3ccccc3c21. The number of piperazine rings is 1. The van der Waals surface area contributed by atoms with E-state index < -0.39 is 5.54 Å². The van der Waals surface area contributed by atoms with Crippen molar-refractivity contribution in [1.82, 2.24) is 14.8 Å². The molecule has 2 atom stereocenters. The average molecular weight is 444 g/mol. The van der Waals surface area contributed by atoms with Crippen molar-refractivity contribution in [3.8, 4) is 5.75 Å². The Morgan fingerprint density at radius 3 is 2.55 bits per heavy atom. The van der Waals surface area contributed by atoms with Crippen LogP contribution >= 0.6 is 0 Å². The van der Waals surface area contributed by atoms with Crippen molar-refractivity contribution < 1.29 is 14.3 Å².